The zero-order valence-corrected chi connectivity index (χ0v) is 9.65. The Kier molecular flexibility index (Phi) is 3.04. The summed E-state index contributed by atoms with van der Waals surface area (Å²) in [6.07, 6.45) is 0.261. The lowest BCUT2D eigenvalue weighted by Gasteiger charge is -2.21. The summed E-state index contributed by atoms with van der Waals surface area (Å²) < 4.78 is 0. The van der Waals surface area contributed by atoms with Gasteiger partial charge in [0.15, 0.2) is 0 Å². The standard InChI is InChI=1S/C11H11ClN2O3/c12-7-1-2-8-6(3-7)4-9(11(16)17)14(8)10(15)5-13/h1-3,9H,4-5,13H2,(H,16,17)/t9-/m1/s1. The van der Waals surface area contributed by atoms with Crippen molar-refractivity contribution in [3.8, 4) is 0 Å². The Morgan fingerprint density at radius 3 is 2.82 bits per heavy atom. The number of fused-ring (bicyclic) bond motifs is 1. The van der Waals surface area contributed by atoms with Gasteiger partial charge in [-0.25, -0.2) is 4.79 Å². The Balaban J connectivity index is 2.46. The SMILES string of the molecule is NCC(=O)N1c2ccc(Cl)cc2C[C@@H]1C(=O)O. The van der Waals surface area contributed by atoms with Crippen molar-refractivity contribution < 1.29 is 14.7 Å². The maximum atomic E-state index is 11.7. The molecule has 90 valence electrons. The van der Waals surface area contributed by atoms with Crippen LogP contribution in [-0.4, -0.2) is 29.6 Å². The van der Waals surface area contributed by atoms with Crippen LogP contribution in [0.5, 0.6) is 0 Å². The molecule has 0 saturated carbocycles. The minimum Gasteiger partial charge on any atom is -0.480 e. The summed E-state index contributed by atoms with van der Waals surface area (Å²) in [6, 6.07) is 4.06. The number of benzene rings is 1. The highest BCUT2D eigenvalue weighted by molar-refractivity contribution is 6.30. The normalized spacial score (nSPS) is 18.0. The van der Waals surface area contributed by atoms with Gasteiger partial charge in [-0.05, 0) is 23.8 Å². The van der Waals surface area contributed by atoms with Gasteiger partial charge < -0.3 is 10.8 Å². The van der Waals surface area contributed by atoms with Crippen LogP contribution in [0.3, 0.4) is 0 Å². The van der Waals surface area contributed by atoms with E-state index in [1.165, 1.54) is 4.90 Å². The number of nitrogens with two attached hydrogens (primary N) is 1. The van der Waals surface area contributed by atoms with Crippen molar-refractivity contribution in [2.75, 3.05) is 11.4 Å². The van der Waals surface area contributed by atoms with E-state index in [2.05, 4.69) is 0 Å². The first-order valence-electron chi connectivity index (χ1n) is 5.08. The molecule has 1 aliphatic rings. The topological polar surface area (TPSA) is 83.6 Å². The van der Waals surface area contributed by atoms with Crippen LogP contribution < -0.4 is 10.6 Å². The van der Waals surface area contributed by atoms with Crippen molar-refractivity contribution in [2.45, 2.75) is 12.5 Å². The van der Waals surface area contributed by atoms with Gasteiger partial charge in [0, 0.05) is 17.1 Å². The van der Waals surface area contributed by atoms with E-state index < -0.39 is 17.9 Å². The van der Waals surface area contributed by atoms with E-state index in [0.717, 1.165) is 5.56 Å². The van der Waals surface area contributed by atoms with Crippen LogP contribution >= 0.6 is 11.6 Å². The van der Waals surface area contributed by atoms with E-state index in [4.69, 9.17) is 22.4 Å². The second-order valence-corrected chi connectivity index (χ2v) is 4.24. The molecule has 0 fully saturated rings. The van der Waals surface area contributed by atoms with E-state index >= 15 is 0 Å². The molecule has 0 unspecified atom stereocenters. The van der Waals surface area contributed by atoms with Gasteiger partial charge in [-0.15, -0.1) is 0 Å². The molecule has 6 heteroatoms. The lowest BCUT2D eigenvalue weighted by Crippen LogP contribution is -2.45. The molecule has 0 bridgehead atoms. The van der Waals surface area contributed by atoms with Crippen molar-refractivity contribution in [3.05, 3.63) is 28.8 Å². The van der Waals surface area contributed by atoms with Crippen molar-refractivity contribution in [1.82, 2.24) is 0 Å². The molecule has 5 nitrogen and oxygen atoms in total. The van der Waals surface area contributed by atoms with Crippen LogP contribution in [0.1, 0.15) is 5.56 Å². The number of halogens is 1. The van der Waals surface area contributed by atoms with Gasteiger partial charge in [-0.2, -0.15) is 0 Å². The summed E-state index contributed by atoms with van der Waals surface area (Å²) >= 11 is 5.84. The maximum Gasteiger partial charge on any atom is 0.327 e. The first-order chi connectivity index (χ1) is 8.04. The van der Waals surface area contributed by atoms with Crippen LogP contribution in [-0.2, 0) is 16.0 Å². The number of rotatable bonds is 2. The van der Waals surface area contributed by atoms with Crippen molar-refractivity contribution in [1.29, 1.82) is 0 Å². The number of carboxylic acid groups (broad SMARTS) is 1. The van der Waals surface area contributed by atoms with Crippen molar-refractivity contribution in [3.63, 3.8) is 0 Å². The highest BCUT2D eigenvalue weighted by Crippen LogP contribution is 2.34. The molecule has 17 heavy (non-hydrogen) atoms. The molecule has 1 aliphatic heterocycles. The largest absolute Gasteiger partial charge is 0.480 e. The summed E-state index contributed by atoms with van der Waals surface area (Å²) in [4.78, 5) is 24.0. The fraction of sp³-hybridized carbons (Fsp3) is 0.273. The molecule has 0 aliphatic carbocycles. The van der Waals surface area contributed by atoms with Crippen LogP contribution in [0.2, 0.25) is 5.02 Å². The molecule has 2 rings (SSSR count). The summed E-state index contributed by atoms with van der Waals surface area (Å²) in [5, 5.41) is 9.62. The van der Waals surface area contributed by atoms with Gasteiger partial charge in [0.25, 0.3) is 0 Å². The second-order valence-electron chi connectivity index (χ2n) is 3.80. The number of nitrogens with zero attached hydrogens (tertiary/aromatic N) is 1. The zero-order chi connectivity index (χ0) is 12.6. The Morgan fingerprint density at radius 2 is 2.24 bits per heavy atom. The molecule has 1 amide bonds. The quantitative estimate of drug-likeness (QED) is 0.811. The Hall–Kier alpha value is -1.59. The van der Waals surface area contributed by atoms with Crippen LogP contribution in [0, 0.1) is 0 Å². The third-order valence-corrected chi connectivity index (χ3v) is 2.99. The van der Waals surface area contributed by atoms with Gasteiger partial charge in [0.1, 0.15) is 6.04 Å². The fourth-order valence-corrected chi connectivity index (χ4v) is 2.22. The molecule has 1 heterocycles. The minimum absolute atomic E-state index is 0.216. The number of hydrogen-bond donors (Lipinski definition) is 2. The molecule has 1 atom stereocenters. The number of carbonyl (C=O) groups is 2. The van der Waals surface area contributed by atoms with E-state index in [9.17, 15) is 9.59 Å². The van der Waals surface area contributed by atoms with Crippen molar-refractivity contribution in [2.24, 2.45) is 5.73 Å². The van der Waals surface area contributed by atoms with Crippen LogP contribution in [0.4, 0.5) is 5.69 Å². The van der Waals surface area contributed by atoms with Gasteiger partial charge in [-0.1, -0.05) is 11.6 Å². The first-order valence-corrected chi connectivity index (χ1v) is 5.45. The number of anilines is 1. The molecule has 0 saturated heterocycles. The fourth-order valence-electron chi connectivity index (χ4n) is 2.02. The number of carboxylic acids is 1. The Morgan fingerprint density at radius 1 is 1.53 bits per heavy atom. The molecular formula is C11H11ClN2O3. The van der Waals surface area contributed by atoms with Crippen molar-refractivity contribution >= 4 is 29.2 Å². The summed E-state index contributed by atoms with van der Waals surface area (Å²) in [5.41, 5.74) is 6.63. The molecule has 1 aromatic carbocycles. The van der Waals surface area contributed by atoms with Gasteiger partial charge >= 0.3 is 5.97 Å². The molecular weight excluding hydrogens is 244 g/mol. The summed E-state index contributed by atoms with van der Waals surface area (Å²) in [6.45, 7) is -0.216. The predicted molar refractivity (Wildman–Crippen MR) is 63.1 cm³/mol. The number of carbonyl (C=O) groups excluding carboxylic acids is 1. The monoisotopic (exact) mass is 254 g/mol. The number of amides is 1. The van der Waals surface area contributed by atoms with Crippen LogP contribution in [0.15, 0.2) is 18.2 Å². The third-order valence-electron chi connectivity index (χ3n) is 2.75. The highest BCUT2D eigenvalue weighted by atomic mass is 35.5. The molecule has 1 aromatic rings. The maximum absolute atomic E-state index is 11.7. The predicted octanol–water partition coefficient (Wildman–Crippen LogP) is 0.641. The smallest absolute Gasteiger partial charge is 0.327 e. The average Bonchev–Trinajstić information content (AvgIpc) is 2.66. The highest BCUT2D eigenvalue weighted by Gasteiger charge is 2.37. The Bertz CT molecular complexity index is 490. The van der Waals surface area contributed by atoms with E-state index in [1.807, 2.05) is 0 Å². The van der Waals surface area contributed by atoms with E-state index in [-0.39, 0.29) is 13.0 Å². The third kappa shape index (κ3) is 1.99. The minimum atomic E-state index is -1.04. The lowest BCUT2D eigenvalue weighted by atomic mass is 10.1. The number of aliphatic carboxylic acids is 1. The summed E-state index contributed by atoms with van der Waals surface area (Å²) in [5.74, 6) is -1.45. The van der Waals surface area contributed by atoms with E-state index in [1.54, 1.807) is 18.2 Å². The van der Waals surface area contributed by atoms with E-state index in [0.29, 0.717) is 10.7 Å². The van der Waals surface area contributed by atoms with Crippen LogP contribution in [0.25, 0.3) is 0 Å². The summed E-state index contributed by atoms with van der Waals surface area (Å²) in [7, 11) is 0. The zero-order valence-electron chi connectivity index (χ0n) is 8.89. The van der Waals surface area contributed by atoms with Gasteiger partial charge in [0.2, 0.25) is 5.91 Å². The first kappa shape index (κ1) is 11.9. The molecule has 0 spiro atoms. The lowest BCUT2D eigenvalue weighted by molar-refractivity contribution is -0.139. The Labute approximate surface area is 103 Å². The van der Waals surface area contributed by atoms with Gasteiger partial charge in [0.05, 0.1) is 6.54 Å². The second kappa shape index (κ2) is 4.35. The molecule has 0 radical (unpaired) electrons. The number of hydrogen-bond acceptors (Lipinski definition) is 3. The average molecular weight is 255 g/mol. The molecule has 3 N–H and O–H groups in total. The van der Waals surface area contributed by atoms with Gasteiger partial charge in [-0.3, -0.25) is 9.69 Å². The molecule has 0 aromatic heterocycles.